The number of likely N-dealkylation sites (N-methyl/N-ethyl adjacent to an activating group) is 1. The average Bonchev–Trinajstić information content (AvgIpc) is 3.04. The first-order valence-electron chi connectivity index (χ1n) is 6.61. The zero-order valence-electron chi connectivity index (χ0n) is 11.9. The Bertz CT molecular complexity index is 745. The number of carbonyl (C=O) groups excluding carboxylic acids is 1. The molecule has 2 aromatic heterocycles. The van der Waals surface area contributed by atoms with Crippen molar-refractivity contribution >= 4 is 38.8 Å². The van der Waals surface area contributed by atoms with Gasteiger partial charge in [-0.1, -0.05) is 12.1 Å². The van der Waals surface area contributed by atoms with Crippen LogP contribution in [-0.2, 0) is 17.8 Å². The third kappa shape index (κ3) is 3.28. The first kappa shape index (κ1) is 14.2. The number of hydrogen-bond acceptors (Lipinski definition) is 5. The monoisotopic (exact) mass is 317 g/mol. The molecule has 0 aliphatic rings. The molecule has 1 amide bonds. The third-order valence-corrected chi connectivity index (χ3v) is 4.98. The molecule has 1 aromatic carbocycles. The number of thiazole rings is 2. The van der Waals surface area contributed by atoms with E-state index in [4.69, 9.17) is 0 Å². The van der Waals surface area contributed by atoms with Crippen LogP contribution in [0.4, 0.5) is 0 Å². The second-order valence-electron chi connectivity index (χ2n) is 4.86. The van der Waals surface area contributed by atoms with Crippen molar-refractivity contribution in [3.05, 3.63) is 45.4 Å². The van der Waals surface area contributed by atoms with Gasteiger partial charge in [0.25, 0.3) is 0 Å². The Labute approximate surface area is 131 Å². The van der Waals surface area contributed by atoms with E-state index in [1.165, 1.54) is 0 Å². The summed E-state index contributed by atoms with van der Waals surface area (Å²) in [7, 11) is 1.81. The number of nitrogens with zero attached hydrogens (tertiary/aromatic N) is 3. The van der Waals surface area contributed by atoms with Gasteiger partial charge in [0.2, 0.25) is 5.91 Å². The number of benzene rings is 1. The summed E-state index contributed by atoms with van der Waals surface area (Å²) >= 11 is 3.21. The SMILES string of the molecule is Cc1nc(CC(=O)N(C)Cc2nc3ccccc3s2)cs1. The summed E-state index contributed by atoms with van der Waals surface area (Å²) in [6, 6.07) is 8.03. The molecule has 2 heterocycles. The van der Waals surface area contributed by atoms with Crippen LogP contribution in [0.1, 0.15) is 15.7 Å². The lowest BCUT2D eigenvalue weighted by molar-refractivity contribution is -0.129. The third-order valence-electron chi connectivity index (χ3n) is 3.14. The molecule has 0 bridgehead atoms. The first-order chi connectivity index (χ1) is 10.1. The molecule has 0 fully saturated rings. The van der Waals surface area contributed by atoms with Gasteiger partial charge < -0.3 is 4.90 Å². The van der Waals surface area contributed by atoms with Gasteiger partial charge in [-0.25, -0.2) is 9.97 Å². The van der Waals surface area contributed by atoms with Crippen LogP contribution in [0.25, 0.3) is 10.2 Å². The quantitative estimate of drug-likeness (QED) is 0.742. The van der Waals surface area contributed by atoms with Crippen LogP contribution in [0.2, 0.25) is 0 Å². The van der Waals surface area contributed by atoms with Crippen molar-refractivity contribution in [3.63, 3.8) is 0 Å². The summed E-state index contributed by atoms with van der Waals surface area (Å²) in [6.07, 6.45) is 0.353. The second kappa shape index (κ2) is 5.91. The van der Waals surface area contributed by atoms with Crippen molar-refractivity contribution in [3.8, 4) is 0 Å². The maximum absolute atomic E-state index is 12.2. The molecule has 0 saturated heterocycles. The molecule has 0 aliphatic heterocycles. The minimum atomic E-state index is 0.0690. The molecule has 0 radical (unpaired) electrons. The molecule has 0 atom stereocenters. The van der Waals surface area contributed by atoms with Gasteiger partial charge in [-0.3, -0.25) is 4.79 Å². The Kier molecular flexibility index (Phi) is 3.98. The maximum Gasteiger partial charge on any atom is 0.228 e. The number of aromatic nitrogens is 2. The smallest absolute Gasteiger partial charge is 0.228 e. The van der Waals surface area contributed by atoms with Gasteiger partial charge in [0, 0.05) is 12.4 Å². The lowest BCUT2D eigenvalue weighted by Gasteiger charge is -2.14. The van der Waals surface area contributed by atoms with Gasteiger partial charge in [0.15, 0.2) is 0 Å². The maximum atomic E-state index is 12.2. The fraction of sp³-hybridized carbons (Fsp3) is 0.267. The Morgan fingerprint density at radius 2 is 2.10 bits per heavy atom. The molecule has 108 valence electrons. The van der Waals surface area contributed by atoms with E-state index in [-0.39, 0.29) is 5.91 Å². The Morgan fingerprint density at radius 1 is 1.29 bits per heavy atom. The van der Waals surface area contributed by atoms with E-state index in [1.54, 1.807) is 27.6 Å². The summed E-state index contributed by atoms with van der Waals surface area (Å²) in [5.74, 6) is 0.0690. The first-order valence-corrected chi connectivity index (χ1v) is 8.31. The zero-order valence-corrected chi connectivity index (χ0v) is 13.5. The van der Waals surface area contributed by atoms with E-state index in [0.29, 0.717) is 13.0 Å². The molecule has 0 aliphatic carbocycles. The highest BCUT2D eigenvalue weighted by atomic mass is 32.1. The number of rotatable bonds is 4. The highest BCUT2D eigenvalue weighted by Crippen LogP contribution is 2.22. The van der Waals surface area contributed by atoms with Crippen molar-refractivity contribution in [1.82, 2.24) is 14.9 Å². The van der Waals surface area contributed by atoms with Gasteiger partial charge in [0.1, 0.15) is 5.01 Å². The van der Waals surface area contributed by atoms with Crippen LogP contribution in [-0.4, -0.2) is 27.8 Å². The summed E-state index contributed by atoms with van der Waals surface area (Å²) in [5, 5.41) is 3.90. The average molecular weight is 317 g/mol. The topological polar surface area (TPSA) is 46.1 Å². The van der Waals surface area contributed by atoms with Crippen LogP contribution in [0, 0.1) is 6.92 Å². The molecule has 0 saturated carbocycles. The van der Waals surface area contributed by atoms with Crippen molar-refractivity contribution in [2.45, 2.75) is 19.9 Å². The van der Waals surface area contributed by atoms with E-state index in [2.05, 4.69) is 16.0 Å². The van der Waals surface area contributed by atoms with Crippen molar-refractivity contribution < 1.29 is 4.79 Å². The van der Waals surface area contributed by atoms with Crippen LogP contribution in [0.15, 0.2) is 29.6 Å². The molecule has 6 heteroatoms. The molecular formula is C15H15N3OS2. The standard InChI is InChI=1S/C15H15N3OS2/c1-10-16-11(9-20-10)7-15(19)18(2)8-14-17-12-5-3-4-6-13(12)21-14/h3-6,9H,7-8H2,1-2H3. The second-order valence-corrected chi connectivity index (χ2v) is 7.04. The molecule has 3 rings (SSSR count). The highest BCUT2D eigenvalue weighted by Gasteiger charge is 2.14. The largest absolute Gasteiger partial charge is 0.339 e. The number of para-hydroxylation sites is 1. The minimum absolute atomic E-state index is 0.0690. The number of carbonyl (C=O) groups is 1. The van der Waals surface area contributed by atoms with Gasteiger partial charge in [-0.15, -0.1) is 22.7 Å². The molecule has 0 spiro atoms. The summed E-state index contributed by atoms with van der Waals surface area (Å²) in [5.41, 5.74) is 1.84. The molecule has 21 heavy (non-hydrogen) atoms. The number of amides is 1. The molecule has 3 aromatic rings. The van der Waals surface area contributed by atoms with E-state index >= 15 is 0 Å². The fourth-order valence-electron chi connectivity index (χ4n) is 2.06. The van der Waals surface area contributed by atoms with Crippen molar-refractivity contribution in [1.29, 1.82) is 0 Å². The Balaban J connectivity index is 1.67. The summed E-state index contributed by atoms with van der Waals surface area (Å²) in [4.78, 5) is 22.8. The van der Waals surface area contributed by atoms with Gasteiger partial charge >= 0.3 is 0 Å². The molecule has 0 N–H and O–H groups in total. The van der Waals surface area contributed by atoms with Crippen LogP contribution in [0.5, 0.6) is 0 Å². The molecule has 0 unspecified atom stereocenters. The molecule has 4 nitrogen and oxygen atoms in total. The zero-order chi connectivity index (χ0) is 14.8. The van der Waals surface area contributed by atoms with Crippen LogP contribution < -0.4 is 0 Å². The van der Waals surface area contributed by atoms with Crippen molar-refractivity contribution in [2.24, 2.45) is 0 Å². The van der Waals surface area contributed by atoms with Crippen molar-refractivity contribution in [2.75, 3.05) is 7.05 Å². The highest BCUT2D eigenvalue weighted by molar-refractivity contribution is 7.18. The van der Waals surface area contributed by atoms with Gasteiger partial charge in [-0.05, 0) is 19.1 Å². The predicted octanol–water partition coefficient (Wildman–Crippen LogP) is 3.26. The number of hydrogen-bond donors (Lipinski definition) is 0. The Morgan fingerprint density at radius 3 is 2.81 bits per heavy atom. The predicted molar refractivity (Wildman–Crippen MR) is 86.6 cm³/mol. The van der Waals surface area contributed by atoms with E-state index in [9.17, 15) is 4.79 Å². The van der Waals surface area contributed by atoms with Crippen LogP contribution in [0.3, 0.4) is 0 Å². The number of aryl methyl sites for hydroxylation is 1. The van der Waals surface area contributed by atoms with E-state index in [0.717, 1.165) is 25.9 Å². The van der Waals surface area contributed by atoms with E-state index in [1.807, 2.05) is 37.6 Å². The lowest BCUT2D eigenvalue weighted by Crippen LogP contribution is -2.27. The fourth-order valence-corrected chi connectivity index (χ4v) is 3.69. The Hall–Kier alpha value is -1.79. The van der Waals surface area contributed by atoms with Gasteiger partial charge in [-0.2, -0.15) is 0 Å². The minimum Gasteiger partial charge on any atom is -0.339 e. The molecular weight excluding hydrogens is 302 g/mol. The van der Waals surface area contributed by atoms with E-state index < -0.39 is 0 Å². The summed E-state index contributed by atoms with van der Waals surface area (Å²) < 4.78 is 1.16. The lowest BCUT2D eigenvalue weighted by atomic mass is 10.3. The summed E-state index contributed by atoms with van der Waals surface area (Å²) in [6.45, 7) is 2.49. The normalized spacial score (nSPS) is 11.0. The van der Waals surface area contributed by atoms with Gasteiger partial charge in [0.05, 0.1) is 33.9 Å². The van der Waals surface area contributed by atoms with Crippen LogP contribution >= 0.6 is 22.7 Å². The number of fused-ring (bicyclic) bond motifs is 1.